The fraction of sp³-hybridized carbons (Fsp3) is 0.611. The second-order valence-corrected chi connectivity index (χ2v) is 7.44. The molecule has 0 bridgehead atoms. The first kappa shape index (κ1) is 19.2. The lowest BCUT2D eigenvalue weighted by Crippen LogP contribution is -2.58. The zero-order valence-corrected chi connectivity index (χ0v) is 16.6. The number of methoxy groups -OCH3 is 1. The van der Waals surface area contributed by atoms with Crippen LogP contribution in [0.4, 0.5) is 10.5 Å². The molecule has 1 N–H and O–H groups in total. The topological polar surface area (TPSA) is 44.8 Å². The summed E-state index contributed by atoms with van der Waals surface area (Å²) >= 11 is 3.51. The molecule has 1 aromatic carbocycles. The zero-order chi connectivity index (χ0) is 17.7. The van der Waals surface area contributed by atoms with Crippen LogP contribution in [0.5, 0.6) is 0 Å². The molecule has 2 unspecified atom stereocenters. The van der Waals surface area contributed by atoms with Crippen molar-refractivity contribution in [2.75, 3.05) is 38.7 Å². The Morgan fingerprint density at radius 3 is 2.58 bits per heavy atom. The van der Waals surface area contributed by atoms with E-state index in [4.69, 9.17) is 4.74 Å². The minimum absolute atomic E-state index is 0.0269. The van der Waals surface area contributed by atoms with E-state index in [-0.39, 0.29) is 6.03 Å². The van der Waals surface area contributed by atoms with Gasteiger partial charge in [0.05, 0.1) is 0 Å². The number of nitrogens with one attached hydrogen (secondary N) is 1. The molecule has 1 aliphatic rings. The van der Waals surface area contributed by atoms with E-state index in [1.807, 2.05) is 30.0 Å². The van der Waals surface area contributed by atoms with Gasteiger partial charge in [0.2, 0.25) is 0 Å². The summed E-state index contributed by atoms with van der Waals surface area (Å²) in [6.07, 6.45) is 1.02. The van der Waals surface area contributed by atoms with Gasteiger partial charge < -0.3 is 15.0 Å². The third kappa shape index (κ3) is 4.94. The monoisotopic (exact) mass is 397 g/mol. The molecular weight excluding hydrogens is 370 g/mol. The van der Waals surface area contributed by atoms with Crippen LogP contribution in [0.1, 0.15) is 25.8 Å². The number of nitrogens with zero attached hydrogens (tertiary/aromatic N) is 2. The van der Waals surface area contributed by atoms with Gasteiger partial charge in [0, 0.05) is 55.6 Å². The molecule has 6 heteroatoms. The second kappa shape index (κ2) is 8.83. The zero-order valence-electron chi connectivity index (χ0n) is 15.0. The average molecular weight is 398 g/mol. The van der Waals surface area contributed by atoms with E-state index in [0.717, 1.165) is 48.4 Å². The second-order valence-electron chi connectivity index (χ2n) is 6.58. The fourth-order valence-corrected chi connectivity index (χ4v) is 3.61. The molecule has 5 nitrogen and oxygen atoms in total. The van der Waals surface area contributed by atoms with Crippen LogP contribution < -0.4 is 5.32 Å². The molecule has 134 valence electrons. The number of ether oxygens (including phenoxy) is 1. The number of carbonyl (C=O) groups excluding carboxylic acids is 1. The van der Waals surface area contributed by atoms with Gasteiger partial charge in [0.15, 0.2) is 0 Å². The highest BCUT2D eigenvalue weighted by molar-refractivity contribution is 9.10. The molecule has 0 aromatic heterocycles. The molecule has 1 heterocycles. The largest absolute Gasteiger partial charge is 0.385 e. The Bertz CT molecular complexity index is 555. The standard InChI is InChI=1S/C18H28BrN3O2/c1-13-6-7-16(10-17(13)19)20-18(23)21-11-14(2)22(15(3)12-21)8-5-9-24-4/h6-7,10,14-15H,5,8-9,11-12H2,1-4H3,(H,20,23). The quantitative estimate of drug-likeness (QED) is 0.769. The van der Waals surface area contributed by atoms with Crippen molar-refractivity contribution < 1.29 is 9.53 Å². The van der Waals surface area contributed by atoms with Crippen molar-refractivity contribution in [1.82, 2.24) is 9.80 Å². The Morgan fingerprint density at radius 1 is 1.33 bits per heavy atom. The lowest BCUT2D eigenvalue weighted by atomic mass is 10.1. The Kier molecular flexibility index (Phi) is 7.07. The molecule has 1 aromatic rings. The van der Waals surface area contributed by atoms with Crippen molar-refractivity contribution in [3.05, 3.63) is 28.2 Å². The SMILES string of the molecule is COCCCN1C(C)CN(C(=O)Nc2ccc(C)c(Br)c2)CC1C. The maximum atomic E-state index is 12.6. The number of rotatable bonds is 5. The number of urea groups is 1. The molecule has 2 atom stereocenters. The predicted molar refractivity (Wildman–Crippen MR) is 102 cm³/mol. The number of benzene rings is 1. The molecule has 0 radical (unpaired) electrons. The Morgan fingerprint density at radius 2 is 2.00 bits per heavy atom. The smallest absolute Gasteiger partial charge is 0.321 e. The lowest BCUT2D eigenvalue weighted by Gasteiger charge is -2.44. The van der Waals surface area contributed by atoms with E-state index >= 15 is 0 Å². The summed E-state index contributed by atoms with van der Waals surface area (Å²) in [4.78, 5) is 17.0. The third-order valence-corrected chi connectivity index (χ3v) is 5.43. The minimum atomic E-state index is -0.0269. The molecule has 0 aliphatic carbocycles. The van der Waals surface area contributed by atoms with Gasteiger partial charge in [-0.15, -0.1) is 0 Å². The number of aryl methyl sites for hydroxylation is 1. The molecule has 1 aliphatic heterocycles. The van der Waals surface area contributed by atoms with Crippen molar-refractivity contribution in [3.8, 4) is 0 Å². The van der Waals surface area contributed by atoms with Crippen LogP contribution in [-0.2, 0) is 4.74 Å². The third-order valence-electron chi connectivity index (χ3n) is 4.58. The predicted octanol–water partition coefficient (Wildman–Crippen LogP) is 3.72. The summed E-state index contributed by atoms with van der Waals surface area (Å²) in [6.45, 7) is 9.68. The Labute approximate surface area is 153 Å². The van der Waals surface area contributed by atoms with Gasteiger partial charge >= 0.3 is 6.03 Å². The molecular formula is C18H28BrN3O2. The van der Waals surface area contributed by atoms with Crippen LogP contribution >= 0.6 is 15.9 Å². The highest BCUT2D eigenvalue weighted by atomic mass is 79.9. The highest BCUT2D eigenvalue weighted by Crippen LogP contribution is 2.22. The van der Waals surface area contributed by atoms with Crippen LogP contribution in [0.25, 0.3) is 0 Å². The van der Waals surface area contributed by atoms with Crippen LogP contribution in [0.15, 0.2) is 22.7 Å². The van der Waals surface area contributed by atoms with Crippen LogP contribution in [0, 0.1) is 6.92 Å². The summed E-state index contributed by atoms with van der Waals surface area (Å²) in [5, 5.41) is 3.01. The highest BCUT2D eigenvalue weighted by Gasteiger charge is 2.31. The Balaban J connectivity index is 1.93. The number of hydrogen-bond acceptors (Lipinski definition) is 3. The number of anilines is 1. The van der Waals surface area contributed by atoms with Crippen molar-refractivity contribution in [1.29, 1.82) is 0 Å². The summed E-state index contributed by atoms with van der Waals surface area (Å²) in [5.41, 5.74) is 1.97. The normalized spacial score (nSPS) is 21.8. The van der Waals surface area contributed by atoms with Crippen LogP contribution in [-0.4, -0.2) is 61.3 Å². The molecule has 2 amide bonds. The van der Waals surface area contributed by atoms with E-state index in [1.165, 1.54) is 0 Å². The molecule has 0 spiro atoms. The molecule has 2 rings (SSSR count). The first-order chi connectivity index (χ1) is 11.4. The van der Waals surface area contributed by atoms with Gasteiger partial charge in [-0.3, -0.25) is 4.90 Å². The van der Waals surface area contributed by atoms with E-state index < -0.39 is 0 Å². The van der Waals surface area contributed by atoms with Crippen molar-refractivity contribution in [3.63, 3.8) is 0 Å². The van der Waals surface area contributed by atoms with E-state index in [2.05, 4.69) is 40.0 Å². The van der Waals surface area contributed by atoms with Gasteiger partial charge in [0.1, 0.15) is 0 Å². The van der Waals surface area contributed by atoms with Crippen LogP contribution in [0.3, 0.4) is 0 Å². The van der Waals surface area contributed by atoms with E-state index in [1.54, 1.807) is 7.11 Å². The van der Waals surface area contributed by atoms with Gasteiger partial charge in [-0.1, -0.05) is 22.0 Å². The summed E-state index contributed by atoms with van der Waals surface area (Å²) in [5.74, 6) is 0. The molecule has 1 saturated heterocycles. The first-order valence-corrected chi connectivity index (χ1v) is 9.28. The maximum absolute atomic E-state index is 12.6. The summed E-state index contributed by atoms with van der Waals surface area (Å²) in [7, 11) is 1.73. The fourth-order valence-electron chi connectivity index (χ4n) is 3.23. The number of hydrogen-bond donors (Lipinski definition) is 1. The average Bonchev–Trinajstić information content (AvgIpc) is 2.53. The van der Waals surface area contributed by atoms with Crippen molar-refractivity contribution in [2.24, 2.45) is 0 Å². The molecule has 1 fully saturated rings. The summed E-state index contributed by atoms with van der Waals surface area (Å²) < 4.78 is 6.15. The maximum Gasteiger partial charge on any atom is 0.321 e. The van der Waals surface area contributed by atoms with Gasteiger partial charge in [0.25, 0.3) is 0 Å². The minimum Gasteiger partial charge on any atom is -0.385 e. The van der Waals surface area contributed by atoms with Crippen molar-refractivity contribution >= 4 is 27.6 Å². The number of piperazine rings is 1. The van der Waals surface area contributed by atoms with Gasteiger partial charge in [-0.2, -0.15) is 0 Å². The molecule has 0 saturated carbocycles. The number of carbonyl (C=O) groups is 1. The van der Waals surface area contributed by atoms with Gasteiger partial charge in [-0.25, -0.2) is 4.79 Å². The van der Waals surface area contributed by atoms with E-state index in [0.29, 0.717) is 12.1 Å². The summed E-state index contributed by atoms with van der Waals surface area (Å²) in [6, 6.07) is 6.55. The molecule has 24 heavy (non-hydrogen) atoms. The van der Waals surface area contributed by atoms with Gasteiger partial charge in [-0.05, 0) is 44.9 Å². The lowest BCUT2D eigenvalue weighted by molar-refractivity contribution is 0.0511. The Hall–Kier alpha value is -1.11. The number of halogens is 1. The van der Waals surface area contributed by atoms with Crippen molar-refractivity contribution in [2.45, 2.75) is 39.3 Å². The first-order valence-electron chi connectivity index (χ1n) is 8.49. The van der Waals surface area contributed by atoms with Crippen LogP contribution in [0.2, 0.25) is 0 Å². The van der Waals surface area contributed by atoms with E-state index in [9.17, 15) is 4.79 Å². The number of amides is 2.